The molecule has 1 aliphatic heterocycles. The van der Waals surface area contributed by atoms with Crippen molar-refractivity contribution in [1.29, 1.82) is 0 Å². The van der Waals surface area contributed by atoms with Crippen LogP contribution in [0.1, 0.15) is 17.7 Å². The average Bonchev–Trinajstić information content (AvgIpc) is 2.69. The van der Waals surface area contributed by atoms with E-state index in [4.69, 9.17) is 4.74 Å². The molecule has 4 heteroatoms. The van der Waals surface area contributed by atoms with E-state index >= 15 is 0 Å². The summed E-state index contributed by atoms with van der Waals surface area (Å²) in [5, 5.41) is 3.33. The molecule has 0 aliphatic carbocycles. The number of hydrogen-bond acceptors (Lipinski definition) is 4. The fourth-order valence-electron chi connectivity index (χ4n) is 1.48. The lowest BCUT2D eigenvalue weighted by molar-refractivity contribution is 0.0266. The summed E-state index contributed by atoms with van der Waals surface area (Å²) in [5.74, 6) is 0. The van der Waals surface area contributed by atoms with Crippen LogP contribution in [-0.4, -0.2) is 24.2 Å². The molecule has 1 saturated heterocycles. The first kappa shape index (κ1) is 9.12. The van der Waals surface area contributed by atoms with Crippen molar-refractivity contribution < 1.29 is 4.74 Å². The van der Waals surface area contributed by atoms with Crippen molar-refractivity contribution in [3.05, 3.63) is 16.6 Å². The van der Waals surface area contributed by atoms with Crippen LogP contribution >= 0.6 is 11.3 Å². The maximum absolute atomic E-state index is 5.74. The monoisotopic (exact) mass is 198 g/mol. The average molecular weight is 198 g/mol. The molecule has 1 N–H and O–H groups in total. The molecule has 0 radical (unpaired) electrons. The van der Waals surface area contributed by atoms with Crippen LogP contribution < -0.4 is 5.32 Å². The number of nitrogens with zero attached hydrogens (tertiary/aromatic N) is 1. The second-order valence-electron chi connectivity index (χ2n) is 3.25. The van der Waals surface area contributed by atoms with Gasteiger partial charge in [0.15, 0.2) is 0 Å². The third kappa shape index (κ3) is 2.76. The smallest absolute Gasteiger partial charge is 0.0829 e. The minimum atomic E-state index is 0.399. The molecule has 1 fully saturated rings. The van der Waals surface area contributed by atoms with Gasteiger partial charge in [0.2, 0.25) is 0 Å². The van der Waals surface area contributed by atoms with Gasteiger partial charge >= 0.3 is 0 Å². The molecular weight excluding hydrogens is 184 g/mol. The Labute approximate surface area is 82.1 Å². The van der Waals surface area contributed by atoms with Crippen LogP contribution in [0, 0.1) is 0 Å². The molecule has 2 heterocycles. The van der Waals surface area contributed by atoms with Crippen molar-refractivity contribution in [2.45, 2.75) is 25.6 Å². The maximum atomic E-state index is 5.74. The van der Waals surface area contributed by atoms with E-state index in [1.807, 2.05) is 11.7 Å². The zero-order chi connectivity index (χ0) is 8.93. The summed E-state index contributed by atoms with van der Waals surface area (Å²) in [6, 6.07) is 0. The summed E-state index contributed by atoms with van der Waals surface area (Å²) in [6.07, 6.45) is 4.69. The van der Waals surface area contributed by atoms with Crippen LogP contribution in [0.5, 0.6) is 0 Å². The highest BCUT2D eigenvalue weighted by molar-refractivity contribution is 7.09. The third-order valence-electron chi connectivity index (χ3n) is 2.20. The molecule has 1 aliphatic rings. The second kappa shape index (κ2) is 4.69. The molecule has 0 saturated carbocycles. The first-order valence-electron chi connectivity index (χ1n) is 4.65. The molecule has 1 atom stereocenters. The summed E-state index contributed by atoms with van der Waals surface area (Å²) in [7, 11) is 0. The lowest BCUT2D eigenvalue weighted by atomic mass is 10.1. The summed E-state index contributed by atoms with van der Waals surface area (Å²) >= 11 is 1.65. The lowest BCUT2D eigenvalue weighted by Crippen LogP contribution is -2.35. The first-order chi connectivity index (χ1) is 6.45. The Morgan fingerprint density at radius 3 is 3.38 bits per heavy atom. The molecule has 0 amide bonds. The van der Waals surface area contributed by atoms with E-state index in [2.05, 4.69) is 10.3 Å². The van der Waals surface area contributed by atoms with Crippen LogP contribution in [-0.2, 0) is 11.3 Å². The standard InChI is InChI=1S/C9H14N2OS/c1-2-8(4-10-3-1)12-6-9-5-11-7-13-9/h5,7-8,10H,1-4,6H2/t8-/m1/s1. The molecule has 0 unspecified atom stereocenters. The predicted octanol–water partition coefficient (Wildman–Crippen LogP) is 1.41. The molecule has 0 aromatic carbocycles. The Balaban J connectivity index is 1.72. The third-order valence-corrected chi connectivity index (χ3v) is 2.95. The van der Waals surface area contributed by atoms with Crippen molar-refractivity contribution in [1.82, 2.24) is 10.3 Å². The predicted molar refractivity (Wildman–Crippen MR) is 52.8 cm³/mol. The van der Waals surface area contributed by atoms with E-state index in [0.717, 1.165) is 19.7 Å². The van der Waals surface area contributed by atoms with Gasteiger partial charge in [0.05, 0.1) is 23.1 Å². The Morgan fingerprint density at radius 1 is 1.69 bits per heavy atom. The number of piperidine rings is 1. The Hall–Kier alpha value is -0.450. The maximum Gasteiger partial charge on any atom is 0.0829 e. The van der Waals surface area contributed by atoms with Gasteiger partial charge in [-0.3, -0.25) is 4.98 Å². The minimum Gasteiger partial charge on any atom is -0.371 e. The zero-order valence-electron chi connectivity index (χ0n) is 7.53. The van der Waals surface area contributed by atoms with Crippen molar-refractivity contribution in [2.24, 2.45) is 0 Å². The molecule has 0 bridgehead atoms. The summed E-state index contributed by atoms with van der Waals surface area (Å²) < 4.78 is 5.74. The van der Waals surface area contributed by atoms with E-state index < -0.39 is 0 Å². The van der Waals surface area contributed by atoms with Gasteiger partial charge in [0.1, 0.15) is 0 Å². The number of hydrogen-bond donors (Lipinski definition) is 1. The molecule has 0 spiro atoms. The van der Waals surface area contributed by atoms with Gasteiger partial charge in [-0.25, -0.2) is 0 Å². The second-order valence-corrected chi connectivity index (χ2v) is 4.22. The summed E-state index contributed by atoms with van der Waals surface area (Å²) in [5.41, 5.74) is 1.85. The fourth-order valence-corrected chi connectivity index (χ4v) is 1.99. The van der Waals surface area contributed by atoms with Crippen LogP contribution in [0.2, 0.25) is 0 Å². The molecular formula is C9H14N2OS. The van der Waals surface area contributed by atoms with Gasteiger partial charge in [0, 0.05) is 12.7 Å². The highest BCUT2D eigenvalue weighted by Gasteiger charge is 2.12. The Morgan fingerprint density at radius 2 is 2.69 bits per heavy atom. The molecule has 1 aromatic rings. The van der Waals surface area contributed by atoms with Crippen LogP contribution in [0.25, 0.3) is 0 Å². The van der Waals surface area contributed by atoms with E-state index in [1.54, 1.807) is 11.3 Å². The van der Waals surface area contributed by atoms with Crippen LogP contribution in [0.4, 0.5) is 0 Å². The molecule has 1 aromatic heterocycles. The van der Waals surface area contributed by atoms with Gasteiger partial charge in [-0.05, 0) is 19.4 Å². The molecule has 72 valence electrons. The SMILES string of the molecule is c1ncc(CO[C@@H]2CCCNC2)s1. The number of rotatable bonds is 3. The number of ether oxygens (including phenoxy) is 1. The van der Waals surface area contributed by atoms with Gasteiger partial charge in [-0.15, -0.1) is 11.3 Å². The van der Waals surface area contributed by atoms with Gasteiger partial charge < -0.3 is 10.1 Å². The minimum absolute atomic E-state index is 0.399. The van der Waals surface area contributed by atoms with Gasteiger partial charge in [0.25, 0.3) is 0 Å². The van der Waals surface area contributed by atoms with Gasteiger partial charge in [-0.2, -0.15) is 0 Å². The Bertz CT molecular complexity index is 232. The largest absolute Gasteiger partial charge is 0.371 e. The molecule has 2 rings (SSSR count). The number of thiazole rings is 1. The van der Waals surface area contributed by atoms with Crippen LogP contribution in [0.3, 0.4) is 0 Å². The Kier molecular flexibility index (Phi) is 3.29. The number of nitrogens with one attached hydrogen (secondary N) is 1. The zero-order valence-corrected chi connectivity index (χ0v) is 8.35. The van der Waals surface area contributed by atoms with E-state index in [9.17, 15) is 0 Å². The van der Waals surface area contributed by atoms with Crippen LogP contribution in [0.15, 0.2) is 11.7 Å². The van der Waals surface area contributed by atoms with Gasteiger partial charge in [-0.1, -0.05) is 0 Å². The van der Waals surface area contributed by atoms with Crippen molar-refractivity contribution in [2.75, 3.05) is 13.1 Å². The molecule has 13 heavy (non-hydrogen) atoms. The molecule has 3 nitrogen and oxygen atoms in total. The van der Waals surface area contributed by atoms with E-state index in [-0.39, 0.29) is 0 Å². The quantitative estimate of drug-likeness (QED) is 0.797. The van der Waals surface area contributed by atoms with Crippen molar-refractivity contribution >= 4 is 11.3 Å². The fraction of sp³-hybridized carbons (Fsp3) is 0.667. The summed E-state index contributed by atoms with van der Waals surface area (Å²) in [6.45, 7) is 2.86. The summed E-state index contributed by atoms with van der Waals surface area (Å²) in [4.78, 5) is 5.22. The van der Waals surface area contributed by atoms with E-state index in [0.29, 0.717) is 6.10 Å². The van der Waals surface area contributed by atoms with Crippen molar-refractivity contribution in [3.8, 4) is 0 Å². The highest BCUT2D eigenvalue weighted by atomic mass is 32.1. The topological polar surface area (TPSA) is 34.1 Å². The van der Waals surface area contributed by atoms with E-state index in [1.165, 1.54) is 17.7 Å². The first-order valence-corrected chi connectivity index (χ1v) is 5.53. The van der Waals surface area contributed by atoms with Crippen molar-refractivity contribution in [3.63, 3.8) is 0 Å². The normalized spacial score (nSPS) is 23.2. The highest BCUT2D eigenvalue weighted by Crippen LogP contribution is 2.12. The lowest BCUT2D eigenvalue weighted by Gasteiger charge is -2.22. The number of aromatic nitrogens is 1.